The third-order valence-electron chi connectivity index (χ3n) is 5.16. The number of nitrogens with one attached hydrogen (secondary N) is 2. The number of hydrogen-bond acceptors (Lipinski definition) is 4. The number of aliphatic hydroxyl groups excluding tert-OH is 1. The Hall–Kier alpha value is -3.26. The van der Waals surface area contributed by atoms with E-state index in [2.05, 4.69) is 15.6 Å². The van der Waals surface area contributed by atoms with Crippen molar-refractivity contribution in [2.45, 2.75) is 37.8 Å². The third kappa shape index (κ3) is 4.12. The quantitative estimate of drug-likeness (QED) is 0.632. The molecule has 0 radical (unpaired) electrons. The molecular formula is C21H21FN4O3. The molecule has 0 bridgehead atoms. The third-order valence-corrected chi connectivity index (χ3v) is 5.16. The number of aromatic nitrogens is 2. The predicted molar refractivity (Wildman–Crippen MR) is 105 cm³/mol. The van der Waals surface area contributed by atoms with Crippen molar-refractivity contribution < 1.29 is 19.1 Å². The van der Waals surface area contributed by atoms with Crippen LogP contribution in [0.1, 0.15) is 46.5 Å². The molecule has 8 heteroatoms. The number of amides is 2. The second-order valence-electron chi connectivity index (χ2n) is 7.20. The van der Waals surface area contributed by atoms with Crippen LogP contribution in [0.3, 0.4) is 0 Å². The molecular weight excluding hydrogens is 375 g/mol. The first-order valence-corrected chi connectivity index (χ1v) is 9.53. The monoisotopic (exact) mass is 396 g/mol. The summed E-state index contributed by atoms with van der Waals surface area (Å²) < 4.78 is 15.9. The molecule has 2 aromatic heterocycles. The Labute approximate surface area is 166 Å². The van der Waals surface area contributed by atoms with Crippen LogP contribution in [0.5, 0.6) is 0 Å². The van der Waals surface area contributed by atoms with Crippen molar-refractivity contribution in [3.63, 3.8) is 0 Å². The molecule has 0 aliphatic heterocycles. The van der Waals surface area contributed by atoms with Gasteiger partial charge in [-0.2, -0.15) is 0 Å². The molecule has 1 aliphatic rings. The van der Waals surface area contributed by atoms with Crippen molar-refractivity contribution in [2.75, 3.05) is 5.32 Å². The van der Waals surface area contributed by atoms with E-state index in [4.69, 9.17) is 0 Å². The van der Waals surface area contributed by atoms with Gasteiger partial charge in [0, 0.05) is 17.8 Å². The fourth-order valence-corrected chi connectivity index (χ4v) is 3.54. The van der Waals surface area contributed by atoms with Crippen LogP contribution in [0.4, 0.5) is 10.1 Å². The van der Waals surface area contributed by atoms with Crippen LogP contribution in [0.25, 0.3) is 5.65 Å². The van der Waals surface area contributed by atoms with E-state index >= 15 is 0 Å². The van der Waals surface area contributed by atoms with E-state index in [1.54, 1.807) is 28.8 Å². The Morgan fingerprint density at radius 3 is 2.69 bits per heavy atom. The molecule has 29 heavy (non-hydrogen) atoms. The fraction of sp³-hybridized carbons (Fsp3) is 0.286. The van der Waals surface area contributed by atoms with Gasteiger partial charge in [0.1, 0.15) is 17.2 Å². The molecule has 1 saturated carbocycles. The zero-order valence-corrected chi connectivity index (χ0v) is 15.6. The maximum absolute atomic E-state index is 14.3. The standard InChI is InChI=1S/C21H21FN4O3/c22-16-9-4-13(20(28)24-14-5-7-15(27)8-6-14)11-17(16)25-21(29)18-12-23-19-3-1-2-10-26(18)19/h1-4,9-12,14-15,27H,5-8H2,(H,24,28)(H,25,29)/t14-,15-. The summed E-state index contributed by atoms with van der Waals surface area (Å²) >= 11 is 0. The number of fused-ring (bicyclic) bond motifs is 1. The highest BCUT2D eigenvalue weighted by molar-refractivity contribution is 6.04. The average molecular weight is 396 g/mol. The summed E-state index contributed by atoms with van der Waals surface area (Å²) in [6.45, 7) is 0. The van der Waals surface area contributed by atoms with E-state index in [0.29, 0.717) is 31.3 Å². The number of carbonyl (C=O) groups is 2. The van der Waals surface area contributed by atoms with E-state index in [9.17, 15) is 19.1 Å². The Kier molecular flexibility index (Phi) is 5.26. The zero-order valence-electron chi connectivity index (χ0n) is 15.6. The fourth-order valence-electron chi connectivity index (χ4n) is 3.54. The number of rotatable bonds is 4. The number of imidazole rings is 1. The molecule has 2 heterocycles. The maximum atomic E-state index is 14.3. The Balaban J connectivity index is 1.49. The van der Waals surface area contributed by atoms with E-state index < -0.39 is 11.7 Å². The van der Waals surface area contributed by atoms with Crippen LogP contribution < -0.4 is 10.6 Å². The summed E-state index contributed by atoms with van der Waals surface area (Å²) in [7, 11) is 0. The minimum atomic E-state index is -0.635. The van der Waals surface area contributed by atoms with Crippen molar-refractivity contribution in [3.05, 3.63) is 65.9 Å². The summed E-state index contributed by atoms with van der Waals surface area (Å²) in [6, 6.07) is 9.17. The van der Waals surface area contributed by atoms with E-state index in [0.717, 1.165) is 6.07 Å². The minimum Gasteiger partial charge on any atom is -0.393 e. The summed E-state index contributed by atoms with van der Waals surface area (Å²) in [4.78, 5) is 29.3. The van der Waals surface area contributed by atoms with E-state index in [1.165, 1.54) is 18.3 Å². The molecule has 0 atom stereocenters. The molecule has 2 amide bonds. The lowest BCUT2D eigenvalue weighted by Gasteiger charge is -2.26. The first-order valence-electron chi connectivity index (χ1n) is 9.53. The first kappa shape index (κ1) is 19.1. The molecule has 150 valence electrons. The van der Waals surface area contributed by atoms with Gasteiger partial charge in [-0.3, -0.25) is 14.0 Å². The van der Waals surface area contributed by atoms with Gasteiger partial charge in [-0.1, -0.05) is 6.07 Å². The Morgan fingerprint density at radius 1 is 1.10 bits per heavy atom. The number of hydrogen-bond donors (Lipinski definition) is 3. The van der Waals surface area contributed by atoms with Crippen molar-refractivity contribution in [1.82, 2.24) is 14.7 Å². The number of anilines is 1. The molecule has 4 rings (SSSR count). The summed E-state index contributed by atoms with van der Waals surface area (Å²) in [6.07, 6.45) is 5.49. The highest BCUT2D eigenvalue weighted by Gasteiger charge is 2.22. The van der Waals surface area contributed by atoms with Crippen molar-refractivity contribution >= 4 is 23.1 Å². The van der Waals surface area contributed by atoms with Gasteiger partial charge in [0.2, 0.25) is 0 Å². The number of halogens is 1. The van der Waals surface area contributed by atoms with Crippen LogP contribution in [0, 0.1) is 5.82 Å². The second kappa shape index (κ2) is 8.00. The largest absolute Gasteiger partial charge is 0.393 e. The van der Waals surface area contributed by atoms with Crippen molar-refractivity contribution in [3.8, 4) is 0 Å². The minimum absolute atomic E-state index is 0.0212. The number of nitrogens with zero attached hydrogens (tertiary/aromatic N) is 2. The second-order valence-corrected chi connectivity index (χ2v) is 7.20. The normalized spacial score (nSPS) is 19.1. The summed E-state index contributed by atoms with van der Waals surface area (Å²) in [5.74, 6) is -1.50. The SMILES string of the molecule is O=C(N[C@H]1CC[C@H](O)CC1)c1ccc(F)c(NC(=O)c2cnc3ccccn23)c1. The van der Waals surface area contributed by atoms with Crippen LogP contribution in [0.15, 0.2) is 48.8 Å². The highest BCUT2D eigenvalue weighted by Crippen LogP contribution is 2.21. The Morgan fingerprint density at radius 2 is 1.90 bits per heavy atom. The number of pyridine rings is 1. The molecule has 1 fully saturated rings. The molecule has 3 aromatic rings. The van der Waals surface area contributed by atoms with Gasteiger partial charge in [-0.05, 0) is 56.0 Å². The number of benzene rings is 1. The molecule has 7 nitrogen and oxygen atoms in total. The van der Waals surface area contributed by atoms with Gasteiger partial charge in [0.25, 0.3) is 11.8 Å². The van der Waals surface area contributed by atoms with Gasteiger partial charge in [-0.15, -0.1) is 0 Å². The predicted octanol–water partition coefficient (Wildman–Crippen LogP) is 2.76. The van der Waals surface area contributed by atoms with E-state index in [1.807, 2.05) is 0 Å². The van der Waals surface area contributed by atoms with Crippen molar-refractivity contribution in [2.24, 2.45) is 0 Å². The first-order chi connectivity index (χ1) is 14.0. The summed E-state index contributed by atoms with van der Waals surface area (Å²) in [5, 5.41) is 15.0. The van der Waals surface area contributed by atoms with Crippen molar-refractivity contribution in [1.29, 1.82) is 0 Å². The van der Waals surface area contributed by atoms with Crippen LogP contribution in [-0.4, -0.2) is 38.5 Å². The van der Waals surface area contributed by atoms with Gasteiger partial charge in [0.15, 0.2) is 0 Å². The molecule has 0 saturated heterocycles. The van der Waals surface area contributed by atoms with Gasteiger partial charge in [-0.25, -0.2) is 9.37 Å². The van der Waals surface area contributed by atoms with Gasteiger partial charge in [0.05, 0.1) is 18.0 Å². The lowest BCUT2D eigenvalue weighted by Crippen LogP contribution is -2.38. The average Bonchev–Trinajstić information content (AvgIpc) is 3.15. The van der Waals surface area contributed by atoms with Gasteiger partial charge < -0.3 is 15.7 Å². The van der Waals surface area contributed by atoms with Crippen LogP contribution in [0.2, 0.25) is 0 Å². The smallest absolute Gasteiger partial charge is 0.274 e. The molecule has 1 aromatic carbocycles. The lowest BCUT2D eigenvalue weighted by molar-refractivity contribution is 0.0867. The molecule has 0 spiro atoms. The number of carbonyl (C=O) groups excluding carboxylic acids is 2. The molecule has 1 aliphatic carbocycles. The van der Waals surface area contributed by atoms with Gasteiger partial charge >= 0.3 is 0 Å². The zero-order chi connectivity index (χ0) is 20.4. The molecule has 3 N–H and O–H groups in total. The molecule has 0 unspecified atom stereocenters. The Bertz CT molecular complexity index is 1060. The summed E-state index contributed by atoms with van der Waals surface area (Å²) in [5.41, 5.74) is 1.04. The topological polar surface area (TPSA) is 95.7 Å². The number of aliphatic hydroxyl groups is 1. The maximum Gasteiger partial charge on any atom is 0.274 e. The van der Waals surface area contributed by atoms with Crippen LogP contribution in [-0.2, 0) is 0 Å². The lowest BCUT2D eigenvalue weighted by atomic mass is 9.93. The highest BCUT2D eigenvalue weighted by atomic mass is 19.1. The van der Waals surface area contributed by atoms with Crippen LogP contribution >= 0.6 is 0 Å². The van der Waals surface area contributed by atoms with E-state index in [-0.39, 0.29) is 35.0 Å².